The van der Waals surface area contributed by atoms with Crippen molar-refractivity contribution in [1.29, 1.82) is 0 Å². The first kappa shape index (κ1) is 9.84. The normalized spacial score (nSPS) is 21.5. The zero-order valence-electron chi connectivity index (χ0n) is 9.06. The molecule has 1 aromatic carbocycles. The topological polar surface area (TPSA) is 49.4 Å². The van der Waals surface area contributed by atoms with Crippen molar-refractivity contribution in [2.45, 2.75) is 6.04 Å². The predicted octanol–water partition coefficient (Wildman–Crippen LogP) is 1.99. The van der Waals surface area contributed by atoms with Crippen LogP contribution in [0.25, 0.3) is 6.08 Å². The molecule has 3 rings (SSSR count). The number of aliphatic imine (C=N–C) groups is 4. The van der Waals surface area contributed by atoms with Crippen LogP contribution in [0.3, 0.4) is 0 Å². The van der Waals surface area contributed by atoms with Gasteiger partial charge in [-0.3, -0.25) is 4.99 Å². The molecule has 4 nitrogen and oxygen atoms in total. The second kappa shape index (κ2) is 4.25. The number of hydrogen-bond donors (Lipinski definition) is 0. The summed E-state index contributed by atoms with van der Waals surface area (Å²) in [7, 11) is 0. The average molecular weight is 222 g/mol. The molecule has 0 N–H and O–H groups in total. The molecule has 0 radical (unpaired) electrons. The lowest BCUT2D eigenvalue weighted by molar-refractivity contribution is 1.15. The van der Waals surface area contributed by atoms with Gasteiger partial charge in [0.15, 0.2) is 11.9 Å². The summed E-state index contributed by atoms with van der Waals surface area (Å²) >= 11 is 0. The summed E-state index contributed by atoms with van der Waals surface area (Å²) in [6.07, 6.45) is 7.04. The zero-order valence-corrected chi connectivity index (χ0v) is 9.06. The van der Waals surface area contributed by atoms with Crippen LogP contribution in [0.1, 0.15) is 5.56 Å². The molecule has 17 heavy (non-hydrogen) atoms. The van der Waals surface area contributed by atoms with E-state index in [1.54, 1.807) is 0 Å². The van der Waals surface area contributed by atoms with Gasteiger partial charge in [-0.1, -0.05) is 36.4 Å². The van der Waals surface area contributed by atoms with Crippen molar-refractivity contribution >= 4 is 30.3 Å². The highest BCUT2D eigenvalue weighted by Crippen LogP contribution is 2.11. The van der Waals surface area contributed by atoms with Crippen LogP contribution in [0.15, 0.2) is 56.4 Å². The Morgan fingerprint density at radius 2 is 1.82 bits per heavy atom. The third-order valence-electron chi connectivity index (χ3n) is 2.57. The van der Waals surface area contributed by atoms with Crippen LogP contribution in [0.5, 0.6) is 0 Å². The van der Waals surface area contributed by atoms with E-state index in [4.69, 9.17) is 0 Å². The lowest BCUT2D eigenvalue weighted by Gasteiger charge is -2.10. The van der Waals surface area contributed by atoms with Gasteiger partial charge in [-0.05, 0) is 11.6 Å². The fourth-order valence-corrected chi connectivity index (χ4v) is 1.71. The Labute approximate surface area is 98.9 Å². The van der Waals surface area contributed by atoms with E-state index in [2.05, 4.69) is 20.0 Å². The van der Waals surface area contributed by atoms with Crippen LogP contribution in [-0.4, -0.2) is 30.3 Å². The summed E-state index contributed by atoms with van der Waals surface area (Å²) in [5, 5.41) is 0. The molecule has 2 aliphatic rings. The van der Waals surface area contributed by atoms with Crippen LogP contribution in [0.4, 0.5) is 0 Å². The van der Waals surface area contributed by atoms with Gasteiger partial charge in [0.25, 0.3) is 0 Å². The molecule has 1 atom stereocenters. The first-order chi connectivity index (χ1) is 8.43. The Balaban J connectivity index is 1.84. The van der Waals surface area contributed by atoms with Gasteiger partial charge in [-0.15, -0.1) is 0 Å². The summed E-state index contributed by atoms with van der Waals surface area (Å²) in [4.78, 5) is 16.6. The highest BCUT2D eigenvalue weighted by molar-refractivity contribution is 6.24. The zero-order chi connectivity index (χ0) is 11.5. The van der Waals surface area contributed by atoms with E-state index >= 15 is 0 Å². The van der Waals surface area contributed by atoms with Gasteiger partial charge in [0, 0.05) is 0 Å². The van der Waals surface area contributed by atoms with Crippen LogP contribution in [-0.2, 0) is 0 Å². The minimum atomic E-state index is -0.125. The van der Waals surface area contributed by atoms with Crippen molar-refractivity contribution in [1.82, 2.24) is 0 Å². The van der Waals surface area contributed by atoms with Gasteiger partial charge < -0.3 is 0 Å². The van der Waals surface area contributed by atoms with Crippen molar-refractivity contribution < 1.29 is 0 Å². The molecule has 1 aromatic rings. The quantitative estimate of drug-likeness (QED) is 0.734. The minimum Gasteiger partial charge on any atom is -0.256 e. The Morgan fingerprint density at radius 3 is 2.71 bits per heavy atom. The highest BCUT2D eigenvalue weighted by Gasteiger charge is 2.23. The predicted molar refractivity (Wildman–Crippen MR) is 71.1 cm³/mol. The Hall–Kier alpha value is -2.36. The lowest BCUT2D eigenvalue weighted by Crippen LogP contribution is -2.26. The molecular formula is C13H10N4. The number of benzene rings is 1. The third kappa shape index (κ3) is 1.97. The molecule has 0 amide bonds. The Bertz CT molecular complexity index is 564. The second-order valence-electron chi connectivity index (χ2n) is 3.70. The van der Waals surface area contributed by atoms with E-state index in [0.717, 1.165) is 11.3 Å². The fraction of sp³-hybridized carbons (Fsp3) is 0.0769. The highest BCUT2D eigenvalue weighted by atomic mass is 15.1. The molecule has 0 saturated heterocycles. The molecule has 0 fully saturated rings. The maximum Gasteiger partial charge on any atom is 0.162 e. The van der Waals surface area contributed by atoms with E-state index in [-0.39, 0.29) is 6.04 Å². The number of rotatable bonds is 2. The van der Waals surface area contributed by atoms with Crippen molar-refractivity contribution in [2.24, 2.45) is 20.0 Å². The van der Waals surface area contributed by atoms with Crippen molar-refractivity contribution in [2.75, 3.05) is 0 Å². The molecule has 1 unspecified atom stereocenters. The largest absolute Gasteiger partial charge is 0.256 e. The summed E-state index contributed by atoms with van der Waals surface area (Å²) < 4.78 is 0. The Morgan fingerprint density at radius 1 is 0.941 bits per heavy atom. The molecule has 0 spiro atoms. The standard InChI is InChI=1S/C13H10N4/c1-2-4-10(5-3-1)6-7-11-12-13(16-8-14-11)17-9-15-12/h1-9,12H/b7-6+. The van der Waals surface area contributed by atoms with E-state index in [9.17, 15) is 0 Å². The monoisotopic (exact) mass is 222 g/mol. The molecule has 2 heterocycles. The van der Waals surface area contributed by atoms with Crippen molar-refractivity contribution in [3.05, 3.63) is 42.0 Å². The number of amidine groups is 1. The van der Waals surface area contributed by atoms with E-state index < -0.39 is 0 Å². The maximum absolute atomic E-state index is 4.23. The van der Waals surface area contributed by atoms with Gasteiger partial charge in [-0.25, -0.2) is 15.0 Å². The number of fused-ring (bicyclic) bond motifs is 1. The van der Waals surface area contributed by atoms with Crippen LogP contribution in [0, 0.1) is 0 Å². The smallest absolute Gasteiger partial charge is 0.162 e. The van der Waals surface area contributed by atoms with Gasteiger partial charge in [-0.2, -0.15) is 0 Å². The van der Waals surface area contributed by atoms with E-state index in [0.29, 0.717) is 5.84 Å². The van der Waals surface area contributed by atoms with Gasteiger partial charge in [0.2, 0.25) is 0 Å². The average Bonchev–Trinajstić information content (AvgIpc) is 2.86. The van der Waals surface area contributed by atoms with Gasteiger partial charge in [0.05, 0.1) is 5.71 Å². The molecule has 4 heteroatoms. The second-order valence-corrected chi connectivity index (χ2v) is 3.70. The van der Waals surface area contributed by atoms with Gasteiger partial charge >= 0.3 is 0 Å². The summed E-state index contributed by atoms with van der Waals surface area (Å²) in [5.41, 5.74) is 2.01. The van der Waals surface area contributed by atoms with Crippen molar-refractivity contribution in [3.63, 3.8) is 0 Å². The molecule has 0 aliphatic carbocycles. The molecule has 0 aromatic heterocycles. The molecule has 2 aliphatic heterocycles. The summed E-state index contributed by atoms with van der Waals surface area (Å²) in [6, 6.07) is 9.96. The number of hydrogen-bond acceptors (Lipinski definition) is 4. The lowest BCUT2D eigenvalue weighted by atomic mass is 10.1. The SMILES string of the molecule is C1=NC2=NC=NC2C(/C=C/c2ccccc2)=N1. The Kier molecular flexibility index (Phi) is 2.46. The molecule has 82 valence electrons. The summed E-state index contributed by atoms with van der Waals surface area (Å²) in [5.74, 6) is 0.715. The third-order valence-corrected chi connectivity index (χ3v) is 2.57. The molecule has 0 saturated carbocycles. The first-order valence-corrected chi connectivity index (χ1v) is 5.36. The van der Waals surface area contributed by atoms with E-state index in [1.165, 1.54) is 12.7 Å². The van der Waals surface area contributed by atoms with Crippen molar-refractivity contribution in [3.8, 4) is 0 Å². The van der Waals surface area contributed by atoms with Crippen LogP contribution in [0.2, 0.25) is 0 Å². The van der Waals surface area contributed by atoms with E-state index in [1.807, 2.05) is 42.5 Å². The molecule has 0 bridgehead atoms. The van der Waals surface area contributed by atoms with Gasteiger partial charge in [0.1, 0.15) is 12.7 Å². The van der Waals surface area contributed by atoms with Crippen LogP contribution >= 0.6 is 0 Å². The minimum absolute atomic E-state index is 0.125. The molecular weight excluding hydrogens is 212 g/mol. The fourth-order valence-electron chi connectivity index (χ4n) is 1.71. The van der Waals surface area contributed by atoms with Crippen LogP contribution < -0.4 is 0 Å². The first-order valence-electron chi connectivity index (χ1n) is 5.36. The maximum atomic E-state index is 4.23. The summed E-state index contributed by atoms with van der Waals surface area (Å²) in [6.45, 7) is 0. The number of nitrogens with zero attached hydrogens (tertiary/aromatic N) is 4.